The Morgan fingerprint density at radius 3 is 2.36 bits per heavy atom. The molecule has 9 heteroatoms. The largest absolute Gasteiger partial charge is 0.434 e. The average Bonchev–Trinajstić information content (AvgIpc) is 2.96. The lowest BCUT2D eigenvalue weighted by Crippen LogP contribution is -2.29. The zero-order valence-electron chi connectivity index (χ0n) is 23.4. The van der Waals surface area contributed by atoms with Crippen molar-refractivity contribution in [2.75, 3.05) is 24.5 Å². The molecular formula is C30H43F3N4OS. The molecule has 1 heterocycles. The second-order valence-electron chi connectivity index (χ2n) is 8.73. The highest BCUT2D eigenvalue weighted by molar-refractivity contribution is 8.02. The van der Waals surface area contributed by atoms with E-state index in [0.29, 0.717) is 18.8 Å². The van der Waals surface area contributed by atoms with Crippen molar-refractivity contribution < 1.29 is 18.0 Å². The molecule has 0 radical (unpaired) electrons. The first-order valence-corrected chi connectivity index (χ1v) is 14.4. The average molecular weight is 565 g/mol. The number of benzene rings is 2. The summed E-state index contributed by atoms with van der Waals surface area (Å²) in [5, 5.41) is 2.70. The number of hydrogen-bond acceptors (Lipinski definition) is 5. The number of thioether (sulfide) groups is 1. The van der Waals surface area contributed by atoms with E-state index < -0.39 is 11.9 Å². The SMILES string of the molecule is C=N/C(=C(/C)SCc1ccccc1CCCN)C(F)(F)F.CC.O=CNCc1cccc(N2CCCCC2)c1. The molecule has 216 valence electrons. The van der Waals surface area contributed by atoms with Crippen molar-refractivity contribution in [3.63, 3.8) is 0 Å². The lowest BCUT2D eigenvalue weighted by molar-refractivity contribution is -0.109. The van der Waals surface area contributed by atoms with Gasteiger partial charge in [0.25, 0.3) is 0 Å². The molecule has 2 aromatic carbocycles. The van der Waals surface area contributed by atoms with Crippen molar-refractivity contribution in [1.29, 1.82) is 0 Å². The predicted octanol–water partition coefficient (Wildman–Crippen LogP) is 7.25. The second-order valence-corrected chi connectivity index (χ2v) is 9.92. The fourth-order valence-electron chi connectivity index (χ4n) is 4.06. The summed E-state index contributed by atoms with van der Waals surface area (Å²) in [6.07, 6.45) is 1.91. The molecule has 0 atom stereocenters. The fraction of sp³-hybridized carbons (Fsp3) is 0.467. The summed E-state index contributed by atoms with van der Waals surface area (Å²) in [6, 6.07) is 16.2. The van der Waals surface area contributed by atoms with Gasteiger partial charge in [-0.25, -0.2) is 0 Å². The van der Waals surface area contributed by atoms with E-state index in [-0.39, 0.29) is 4.91 Å². The van der Waals surface area contributed by atoms with Crippen LogP contribution in [0.3, 0.4) is 0 Å². The number of nitrogens with one attached hydrogen (secondary N) is 1. The van der Waals surface area contributed by atoms with Crippen LogP contribution in [0.5, 0.6) is 0 Å². The lowest BCUT2D eigenvalue weighted by Gasteiger charge is -2.29. The van der Waals surface area contributed by atoms with Gasteiger partial charge in [-0.2, -0.15) is 13.2 Å². The first kappa shape index (κ1) is 34.2. The first-order chi connectivity index (χ1) is 18.8. The monoisotopic (exact) mass is 564 g/mol. The van der Waals surface area contributed by atoms with Crippen LogP contribution in [0.25, 0.3) is 0 Å². The Hall–Kier alpha value is -2.78. The number of carbonyl (C=O) groups is 1. The molecule has 1 fully saturated rings. The number of hydrogen-bond donors (Lipinski definition) is 2. The Morgan fingerprint density at radius 2 is 1.77 bits per heavy atom. The summed E-state index contributed by atoms with van der Waals surface area (Å²) >= 11 is 1.13. The number of aryl methyl sites for hydroxylation is 1. The Kier molecular flexibility index (Phi) is 17.0. The van der Waals surface area contributed by atoms with Crippen molar-refractivity contribution in [2.24, 2.45) is 10.7 Å². The Balaban J connectivity index is 0.000000377. The van der Waals surface area contributed by atoms with Gasteiger partial charge in [-0.15, -0.1) is 11.8 Å². The van der Waals surface area contributed by atoms with Gasteiger partial charge < -0.3 is 16.0 Å². The predicted molar refractivity (Wildman–Crippen MR) is 160 cm³/mol. The molecular weight excluding hydrogens is 521 g/mol. The van der Waals surface area contributed by atoms with Gasteiger partial charge in [-0.05, 0) is 81.1 Å². The number of aliphatic imine (C=N–C) groups is 1. The van der Waals surface area contributed by atoms with Crippen LogP contribution >= 0.6 is 11.8 Å². The molecule has 0 aromatic heterocycles. The number of allylic oxidation sites excluding steroid dienone is 2. The molecule has 0 saturated carbocycles. The lowest BCUT2D eigenvalue weighted by atomic mass is 10.0. The highest BCUT2D eigenvalue weighted by Gasteiger charge is 2.35. The van der Waals surface area contributed by atoms with Crippen LogP contribution in [0.15, 0.2) is 64.1 Å². The number of anilines is 1. The van der Waals surface area contributed by atoms with Gasteiger partial charge >= 0.3 is 6.18 Å². The van der Waals surface area contributed by atoms with Gasteiger partial charge in [0, 0.05) is 36.0 Å². The maximum atomic E-state index is 12.7. The van der Waals surface area contributed by atoms with Crippen molar-refractivity contribution >= 4 is 30.6 Å². The maximum Gasteiger partial charge on any atom is 0.434 e. The van der Waals surface area contributed by atoms with Crippen LogP contribution in [0.1, 0.15) is 63.1 Å². The van der Waals surface area contributed by atoms with Gasteiger partial charge in [0.05, 0.1) is 0 Å². The van der Waals surface area contributed by atoms with Crippen LogP contribution in [0.2, 0.25) is 0 Å². The van der Waals surface area contributed by atoms with Gasteiger partial charge in [0.15, 0.2) is 5.70 Å². The third kappa shape index (κ3) is 12.7. The zero-order chi connectivity index (χ0) is 29.1. The third-order valence-corrected chi connectivity index (χ3v) is 7.08. The van der Waals surface area contributed by atoms with Crippen LogP contribution < -0.4 is 16.0 Å². The molecule has 1 aliphatic rings. The summed E-state index contributed by atoms with van der Waals surface area (Å²) < 4.78 is 38.2. The minimum absolute atomic E-state index is 0.131. The number of piperidine rings is 1. The van der Waals surface area contributed by atoms with E-state index in [1.165, 1.54) is 31.9 Å². The summed E-state index contributed by atoms with van der Waals surface area (Å²) in [5.41, 5.74) is 9.19. The minimum atomic E-state index is -4.46. The van der Waals surface area contributed by atoms with E-state index in [2.05, 4.69) is 40.1 Å². The normalized spacial score (nSPS) is 13.7. The number of rotatable bonds is 11. The van der Waals surface area contributed by atoms with E-state index in [4.69, 9.17) is 5.73 Å². The van der Waals surface area contributed by atoms with Gasteiger partial charge in [-0.3, -0.25) is 9.79 Å². The van der Waals surface area contributed by atoms with Crippen molar-refractivity contribution in [3.8, 4) is 0 Å². The van der Waals surface area contributed by atoms with E-state index in [1.54, 1.807) is 0 Å². The highest BCUT2D eigenvalue weighted by atomic mass is 32.2. The van der Waals surface area contributed by atoms with E-state index >= 15 is 0 Å². The summed E-state index contributed by atoms with van der Waals surface area (Å²) in [7, 11) is 0. The number of halogens is 3. The number of amides is 1. The Morgan fingerprint density at radius 1 is 1.10 bits per heavy atom. The fourth-order valence-corrected chi connectivity index (χ4v) is 5.04. The van der Waals surface area contributed by atoms with E-state index in [1.807, 2.05) is 44.2 Å². The van der Waals surface area contributed by atoms with Crippen LogP contribution in [0, 0.1) is 0 Å². The molecule has 39 heavy (non-hydrogen) atoms. The second kappa shape index (κ2) is 19.3. The first-order valence-electron chi connectivity index (χ1n) is 13.5. The van der Waals surface area contributed by atoms with Crippen molar-refractivity contribution in [3.05, 3.63) is 75.8 Å². The Bertz CT molecular complexity index is 1020. The molecule has 1 amide bonds. The molecule has 3 N–H and O–H groups in total. The summed E-state index contributed by atoms with van der Waals surface area (Å²) in [4.78, 5) is 15.9. The minimum Gasteiger partial charge on any atom is -0.372 e. The third-order valence-electron chi connectivity index (χ3n) is 5.99. The summed E-state index contributed by atoms with van der Waals surface area (Å²) in [6.45, 7) is 12.0. The molecule has 1 aliphatic heterocycles. The van der Waals surface area contributed by atoms with Crippen molar-refractivity contribution in [2.45, 2.75) is 71.3 Å². The van der Waals surface area contributed by atoms with Gasteiger partial charge in [-0.1, -0.05) is 50.2 Å². The van der Waals surface area contributed by atoms with Crippen LogP contribution in [-0.4, -0.2) is 38.9 Å². The maximum absolute atomic E-state index is 12.7. The molecule has 0 unspecified atom stereocenters. The van der Waals surface area contributed by atoms with E-state index in [0.717, 1.165) is 60.8 Å². The van der Waals surface area contributed by atoms with Gasteiger partial charge in [0.1, 0.15) is 0 Å². The van der Waals surface area contributed by atoms with Crippen LogP contribution in [-0.2, 0) is 23.5 Å². The van der Waals surface area contributed by atoms with E-state index in [9.17, 15) is 18.0 Å². The Labute approximate surface area is 236 Å². The number of alkyl halides is 3. The smallest absolute Gasteiger partial charge is 0.372 e. The van der Waals surface area contributed by atoms with Crippen LogP contribution in [0.4, 0.5) is 18.9 Å². The molecule has 1 saturated heterocycles. The number of nitrogens with zero attached hydrogens (tertiary/aromatic N) is 2. The molecule has 0 bridgehead atoms. The molecule has 0 aliphatic carbocycles. The topological polar surface area (TPSA) is 70.7 Å². The molecule has 3 rings (SSSR count). The summed E-state index contributed by atoms with van der Waals surface area (Å²) in [5.74, 6) is 0.474. The number of carbonyl (C=O) groups excluding carboxylic acids is 1. The standard InChI is InChI=1S/C15H19F3N2S.C13H18N2O.C2H6/c1-11(14(20-2)15(16,17)18)21-10-13-7-4-3-6-12(13)8-5-9-19;16-11-14-10-12-5-4-6-13(9-12)15-7-2-1-3-8-15;1-2/h3-4,6-7H,2,5,8-10,19H2,1H3;4-6,9,11H,1-3,7-8,10H2,(H,14,16);1-2H3/b14-11-;;. The molecule has 5 nitrogen and oxygen atoms in total. The molecule has 0 spiro atoms. The molecule has 2 aromatic rings. The van der Waals surface area contributed by atoms with Gasteiger partial charge in [0.2, 0.25) is 6.41 Å². The zero-order valence-corrected chi connectivity index (χ0v) is 24.2. The van der Waals surface area contributed by atoms with Crippen molar-refractivity contribution in [1.82, 2.24) is 5.32 Å². The number of nitrogens with two attached hydrogens (primary N) is 1. The highest BCUT2D eigenvalue weighted by Crippen LogP contribution is 2.35. The quantitative estimate of drug-likeness (QED) is 0.223.